The largest absolute Gasteiger partial charge is 0.497 e. The van der Waals surface area contributed by atoms with Crippen LogP contribution in [-0.2, 0) is 0 Å². The van der Waals surface area contributed by atoms with E-state index < -0.39 is 0 Å². The Morgan fingerprint density at radius 3 is 2.61 bits per heavy atom. The number of carbonyl (C=O) groups is 1. The van der Waals surface area contributed by atoms with Crippen LogP contribution in [-0.4, -0.2) is 48.1 Å². The molecule has 3 aromatic rings. The predicted molar refractivity (Wildman–Crippen MR) is 108 cm³/mol. The molecule has 0 unspecified atom stereocenters. The van der Waals surface area contributed by atoms with E-state index in [4.69, 9.17) is 14.5 Å². The van der Waals surface area contributed by atoms with Crippen molar-refractivity contribution in [2.45, 2.75) is 25.7 Å². The van der Waals surface area contributed by atoms with Gasteiger partial charge in [-0.3, -0.25) is 4.79 Å². The van der Waals surface area contributed by atoms with Crippen LogP contribution in [0.15, 0.2) is 36.4 Å². The third-order valence-corrected chi connectivity index (χ3v) is 5.46. The van der Waals surface area contributed by atoms with Gasteiger partial charge in [-0.1, -0.05) is 6.07 Å². The molecule has 4 rings (SSSR count). The van der Waals surface area contributed by atoms with E-state index in [1.165, 1.54) is 5.56 Å². The molecule has 1 aromatic heterocycles. The van der Waals surface area contributed by atoms with Gasteiger partial charge in [0.25, 0.3) is 5.91 Å². The number of piperidine rings is 1. The van der Waals surface area contributed by atoms with Gasteiger partial charge >= 0.3 is 0 Å². The van der Waals surface area contributed by atoms with Gasteiger partial charge in [-0.05, 0) is 55.7 Å². The van der Waals surface area contributed by atoms with E-state index in [0.29, 0.717) is 36.1 Å². The van der Waals surface area contributed by atoms with E-state index in [9.17, 15) is 4.79 Å². The average molecular weight is 379 g/mol. The molecular formula is C22H25N3O3. The zero-order chi connectivity index (χ0) is 19.7. The van der Waals surface area contributed by atoms with Crippen LogP contribution >= 0.6 is 0 Å². The van der Waals surface area contributed by atoms with Gasteiger partial charge in [0.1, 0.15) is 17.3 Å². The molecule has 1 aliphatic rings. The van der Waals surface area contributed by atoms with Crippen LogP contribution in [0.2, 0.25) is 0 Å². The Balaban J connectivity index is 1.48. The van der Waals surface area contributed by atoms with Crippen molar-refractivity contribution in [1.82, 2.24) is 14.9 Å². The minimum absolute atomic E-state index is 0.0190. The summed E-state index contributed by atoms with van der Waals surface area (Å²) in [5, 5.41) is 0. The lowest BCUT2D eigenvalue weighted by atomic mass is 9.95. The van der Waals surface area contributed by atoms with Crippen molar-refractivity contribution >= 4 is 16.9 Å². The van der Waals surface area contributed by atoms with Crippen LogP contribution in [0.3, 0.4) is 0 Å². The Kier molecular flexibility index (Phi) is 4.94. The highest BCUT2D eigenvalue weighted by Gasteiger charge is 2.28. The lowest BCUT2D eigenvalue weighted by Crippen LogP contribution is -2.38. The summed E-state index contributed by atoms with van der Waals surface area (Å²) in [5.74, 6) is 2.56. The van der Waals surface area contributed by atoms with E-state index in [0.717, 1.165) is 29.7 Å². The zero-order valence-corrected chi connectivity index (χ0v) is 16.5. The van der Waals surface area contributed by atoms with Crippen LogP contribution in [0.4, 0.5) is 0 Å². The minimum atomic E-state index is -0.0190. The normalized spacial score (nSPS) is 15.0. The second kappa shape index (κ2) is 7.54. The molecule has 0 radical (unpaired) electrons. The molecular weight excluding hydrogens is 354 g/mol. The maximum atomic E-state index is 13.0. The zero-order valence-electron chi connectivity index (χ0n) is 16.5. The van der Waals surface area contributed by atoms with Gasteiger partial charge in [-0.15, -0.1) is 0 Å². The molecule has 0 saturated carbocycles. The number of amides is 1. The minimum Gasteiger partial charge on any atom is -0.497 e. The van der Waals surface area contributed by atoms with Gasteiger partial charge in [0, 0.05) is 19.0 Å². The third kappa shape index (κ3) is 3.42. The molecule has 28 heavy (non-hydrogen) atoms. The SMILES string of the molecule is COc1ccc(OC)c(C(=O)N2CCC(c3nc4ccc(C)cc4[nH]3)CC2)c1. The van der Waals surface area contributed by atoms with Gasteiger partial charge in [-0.25, -0.2) is 4.98 Å². The molecule has 1 fully saturated rings. The number of fused-ring (bicyclic) bond motifs is 1. The van der Waals surface area contributed by atoms with Crippen molar-refractivity contribution in [1.29, 1.82) is 0 Å². The number of carbonyl (C=O) groups excluding carboxylic acids is 1. The first-order valence-electron chi connectivity index (χ1n) is 9.56. The first-order valence-corrected chi connectivity index (χ1v) is 9.56. The van der Waals surface area contributed by atoms with E-state index in [1.54, 1.807) is 32.4 Å². The Bertz CT molecular complexity index is 1000. The molecule has 1 saturated heterocycles. The standard InChI is InChI=1S/C22H25N3O3/c1-14-4-6-18-19(12-14)24-21(23-18)15-8-10-25(11-9-15)22(26)17-13-16(27-2)5-7-20(17)28-3/h4-7,12-13,15H,8-11H2,1-3H3,(H,23,24). The highest BCUT2D eigenvalue weighted by Crippen LogP contribution is 2.31. The number of aromatic nitrogens is 2. The molecule has 1 aliphatic heterocycles. The highest BCUT2D eigenvalue weighted by atomic mass is 16.5. The number of hydrogen-bond acceptors (Lipinski definition) is 4. The summed E-state index contributed by atoms with van der Waals surface area (Å²) in [6, 6.07) is 11.6. The van der Waals surface area contributed by atoms with Crippen molar-refractivity contribution < 1.29 is 14.3 Å². The van der Waals surface area contributed by atoms with E-state index in [-0.39, 0.29) is 5.91 Å². The smallest absolute Gasteiger partial charge is 0.257 e. The summed E-state index contributed by atoms with van der Waals surface area (Å²) < 4.78 is 10.6. The Morgan fingerprint density at radius 1 is 1.11 bits per heavy atom. The molecule has 2 heterocycles. The number of H-pyrrole nitrogens is 1. The fraction of sp³-hybridized carbons (Fsp3) is 0.364. The van der Waals surface area contributed by atoms with Gasteiger partial charge in [-0.2, -0.15) is 0 Å². The number of hydrogen-bond donors (Lipinski definition) is 1. The first kappa shape index (κ1) is 18.3. The number of imidazole rings is 1. The molecule has 0 aliphatic carbocycles. The van der Waals surface area contributed by atoms with Crippen molar-refractivity contribution in [3.8, 4) is 11.5 Å². The summed E-state index contributed by atoms with van der Waals surface area (Å²) in [6.07, 6.45) is 1.77. The highest BCUT2D eigenvalue weighted by molar-refractivity contribution is 5.97. The van der Waals surface area contributed by atoms with E-state index in [1.807, 2.05) is 4.90 Å². The molecule has 2 aromatic carbocycles. The van der Waals surface area contributed by atoms with E-state index in [2.05, 4.69) is 30.1 Å². The summed E-state index contributed by atoms with van der Waals surface area (Å²) in [6.45, 7) is 3.47. The lowest BCUT2D eigenvalue weighted by molar-refractivity contribution is 0.0707. The second-order valence-corrected chi connectivity index (χ2v) is 7.28. The number of rotatable bonds is 4. The summed E-state index contributed by atoms with van der Waals surface area (Å²) in [7, 11) is 3.17. The average Bonchev–Trinajstić information content (AvgIpc) is 3.16. The number of ether oxygens (including phenoxy) is 2. The molecule has 6 heteroatoms. The Labute approximate surface area is 164 Å². The maximum absolute atomic E-state index is 13.0. The monoisotopic (exact) mass is 379 g/mol. The number of aryl methyl sites for hydroxylation is 1. The van der Waals surface area contributed by atoms with Crippen molar-refractivity contribution in [3.63, 3.8) is 0 Å². The van der Waals surface area contributed by atoms with Gasteiger partial charge in [0.15, 0.2) is 0 Å². The fourth-order valence-corrected chi connectivity index (χ4v) is 3.84. The molecule has 1 N–H and O–H groups in total. The van der Waals surface area contributed by atoms with Gasteiger partial charge < -0.3 is 19.4 Å². The van der Waals surface area contributed by atoms with Crippen LogP contribution in [0.25, 0.3) is 11.0 Å². The van der Waals surface area contributed by atoms with Crippen LogP contribution in [0, 0.1) is 6.92 Å². The molecule has 1 amide bonds. The summed E-state index contributed by atoms with van der Waals surface area (Å²) in [4.78, 5) is 23.1. The van der Waals surface area contributed by atoms with Crippen molar-refractivity contribution in [2.75, 3.05) is 27.3 Å². The number of nitrogens with zero attached hydrogens (tertiary/aromatic N) is 2. The predicted octanol–water partition coefficient (Wildman–Crippen LogP) is 3.91. The maximum Gasteiger partial charge on any atom is 0.257 e. The fourth-order valence-electron chi connectivity index (χ4n) is 3.84. The number of nitrogens with one attached hydrogen (secondary N) is 1. The third-order valence-electron chi connectivity index (χ3n) is 5.46. The Hall–Kier alpha value is -3.02. The van der Waals surface area contributed by atoms with Gasteiger partial charge in [0.05, 0.1) is 30.8 Å². The van der Waals surface area contributed by atoms with Crippen molar-refractivity contribution in [2.24, 2.45) is 0 Å². The molecule has 0 spiro atoms. The molecule has 6 nitrogen and oxygen atoms in total. The van der Waals surface area contributed by atoms with Crippen molar-refractivity contribution in [3.05, 3.63) is 53.3 Å². The number of benzene rings is 2. The van der Waals surface area contributed by atoms with Crippen LogP contribution in [0.5, 0.6) is 11.5 Å². The molecule has 0 atom stereocenters. The van der Waals surface area contributed by atoms with E-state index >= 15 is 0 Å². The summed E-state index contributed by atoms with van der Waals surface area (Å²) in [5.41, 5.74) is 3.84. The quantitative estimate of drug-likeness (QED) is 0.746. The van der Waals surface area contributed by atoms with Crippen LogP contribution < -0.4 is 9.47 Å². The Morgan fingerprint density at radius 2 is 1.89 bits per heavy atom. The number of methoxy groups -OCH3 is 2. The molecule has 146 valence electrons. The summed E-state index contributed by atoms with van der Waals surface area (Å²) >= 11 is 0. The van der Waals surface area contributed by atoms with Crippen LogP contribution in [0.1, 0.15) is 40.5 Å². The topological polar surface area (TPSA) is 67.5 Å². The number of aromatic amines is 1. The number of likely N-dealkylation sites (tertiary alicyclic amines) is 1. The second-order valence-electron chi connectivity index (χ2n) is 7.28. The molecule has 0 bridgehead atoms. The van der Waals surface area contributed by atoms with Gasteiger partial charge in [0.2, 0.25) is 0 Å². The lowest BCUT2D eigenvalue weighted by Gasteiger charge is -2.31. The first-order chi connectivity index (χ1) is 13.6.